The van der Waals surface area contributed by atoms with E-state index in [0.29, 0.717) is 19.5 Å². The van der Waals surface area contributed by atoms with Gasteiger partial charge in [0, 0.05) is 12.2 Å². The summed E-state index contributed by atoms with van der Waals surface area (Å²) >= 11 is 0. The number of amides is 1. The van der Waals surface area contributed by atoms with Crippen molar-refractivity contribution in [1.29, 1.82) is 0 Å². The summed E-state index contributed by atoms with van der Waals surface area (Å²) in [7, 11) is 0. The number of aliphatic hydroxyl groups excluding tert-OH is 1. The number of nitrogens with zero attached hydrogens (tertiary/aromatic N) is 1. The summed E-state index contributed by atoms with van der Waals surface area (Å²) in [6.07, 6.45) is 0.995. The monoisotopic (exact) mass is 276 g/mol. The van der Waals surface area contributed by atoms with Crippen molar-refractivity contribution in [2.24, 2.45) is 5.73 Å². The van der Waals surface area contributed by atoms with Gasteiger partial charge in [0.25, 0.3) is 0 Å². The molecule has 1 amide bonds. The first-order chi connectivity index (χ1) is 9.43. The molecule has 0 spiro atoms. The molecule has 1 aromatic carbocycles. The first kappa shape index (κ1) is 15.0. The van der Waals surface area contributed by atoms with Crippen molar-refractivity contribution in [1.82, 2.24) is 0 Å². The van der Waals surface area contributed by atoms with Crippen molar-refractivity contribution >= 4 is 11.6 Å². The van der Waals surface area contributed by atoms with Gasteiger partial charge in [0.1, 0.15) is 0 Å². The summed E-state index contributed by atoms with van der Waals surface area (Å²) in [5, 5.41) is 9.99. The van der Waals surface area contributed by atoms with Gasteiger partial charge in [0.2, 0.25) is 5.91 Å². The van der Waals surface area contributed by atoms with E-state index in [-0.39, 0.29) is 5.91 Å². The first-order valence-electron chi connectivity index (χ1n) is 7.28. The molecule has 2 rings (SSSR count). The highest BCUT2D eigenvalue weighted by atomic mass is 16.3. The molecule has 0 aliphatic carbocycles. The maximum Gasteiger partial charge on any atom is 0.237 e. The van der Waals surface area contributed by atoms with Crippen LogP contribution in [0, 0.1) is 0 Å². The van der Waals surface area contributed by atoms with Crippen LogP contribution in [0.4, 0.5) is 5.69 Å². The summed E-state index contributed by atoms with van der Waals surface area (Å²) in [4.78, 5) is 14.4. The summed E-state index contributed by atoms with van der Waals surface area (Å²) in [5.41, 5.74) is 7.86. The number of hydrogen-bond donors (Lipinski definition) is 2. The van der Waals surface area contributed by atoms with Crippen molar-refractivity contribution in [2.75, 3.05) is 18.0 Å². The molecule has 110 valence electrons. The van der Waals surface area contributed by atoms with Crippen LogP contribution in [0.2, 0.25) is 0 Å². The molecule has 1 heterocycles. The van der Waals surface area contributed by atoms with Crippen LogP contribution in [0.5, 0.6) is 0 Å². The van der Waals surface area contributed by atoms with Crippen LogP contribution in [-0.2, 0) is 10.2 Å². The van der Waals surface area contributed by atoms with Crippen molar-refractivity contribution in [3.63, 3.8) is 0 Å². The highest BCUT2D eigenvalue weighted by Gasteiger charge is 2.43. The van der Waals surface area contributed by atoms with Gasteiger partial charge in [0.15, 0.2) is 0 Å². The van der Waals surface area contributed by atoms with Gasteiger partial charge in [-0.1, -0.05) is 19.1 Å². The third-order valence-electron chi connectivity index (χ3n) is 4.12. The predicted molar refractivity (Wildman–Crippen MR) is 80.7 cm³/mol. The van der Waals surface area contributed by atoms with E-state index >= 15 is 0 Å². The lowest BCUT2D eigenvalue weighted by molar-refractivity contribution is -0.122. The molecule has 1 atom stereocenters. The Morgan fingerprint density at radius 1 is 1.40 bits per heavy atom. The fraction of sp³-hybridized carbons (Fsp3) is 0.562. The van der Waals surface area contributed by atoms with E-state index in [1.54, 1.807) is 0 Å². The minimum absolute atomic E-state index is 0.115. The number of anilines is 1. The van der Waals surface area contributed by atoms with Crippen LogP contribution in [-0.4, -0.2) is 24.1 Å². The van der Waals surface area contributed by atoms with E-state index in [9.17, 15) is 9.90 Å². The van der Waals surface area contributed by atoms with E-state index in [4.69, 9.17) is 5.73 Å². The number of hydrogen-bond acceptors (Lipinski definition) is 3. The molecule has 0 radical (unpaired) electrons. The molecule has 0 aromatic heterocycles. The topological polar surface area (TPSA) is 66.6 Å². The van der Waals surface area contributed by atoms with Crippen LogP contribution in [0.3, 0.4) is 0 Å². The molecule has 4 nitrogen and oxygen atoms in total. The standard InChI is InChI=1S/C16H24N2O2/c1-4-14(19)11-6-7-13-12(10-11)16(2,3)15(20)18(13)9-5-8-17/h6-7,10,14,19H,4-5,8-9,17H2,1-3H3. The van der Waals surface area contributed by atoms with Crippen LogP contribution in [0.25, 0.3) is 0 Å². The lowest BCUT2D eigenvalue weighted by atomic mass is 9.85. The number of carbonyl (C=O) groups excluding carboxylic acids is 1. The fourth-order valence-corrected chi connectivity index (χ4v) is 2.77. The van der Waals surface area contributed by atoms with Crippen LogP contribution in [0.1, 0.15) is 50.8 Å². The number of aliphatic hydroxyl groups is 1. The maximum absolute atomic E-state index is 12.6. The molecule has 4 heteroatoms. The highest BCUT2D eigenvalue weighted by molar-refractivity contribution is 6.07. The first-order valence-corrected chi connectivity index (χ1v) is 7.28. The largest absolute Gasteiger partial charge is 0.388 e. The molecule has 0 fully saturated rings. The molecular weight excluding hydrogens is 252 g/mol. The Labute approximate surface area is 120 Å². The van der Waals surface area contributed by atoms with Crippen molar-refractivity contribution in [3.05, 3.63) is 29.3 Å². The molecule has 1 aromatic rings. The van der Waals surface area contributed by atoms with E-state index < -0.39 is 11.5 Å². The normalized spacial score (nSPS) is 18.2. The molecule has 0 saturated heterocycles. The molecular formula is C16H24N2O2. The van der Waals surface area contributed by atoms with Crippen molar-refractivity contribution in [3.8, 4) is 0 Å². The van der Waals surface area contributed by atoms with Crippen LogP contribution < -0.4 is 10.6 Å². The Hall–Kier alpha value is -1.39. The average molecular weight is 276 g/mol. The van der Waals surface area contributed by atoms with Gasteiger partial charge in [-0.2, -0.15) is 0 Å². The Kier molecular flexibility index (Phi) is 4.16. The van der Waals surface area contributed by atoms with Crippen LogP contribution in [0.15, 0.2) is 18.2 Å². The summed E-state index contributed by atoms with van der Waals surface area (Å²) in [5.74, 6) is 0.115. The van der Waals surface area contributed by atoms with Crippen molar-refractivity contribution < 1.29 is 9.90 Å². The third-order valence-corrected chi connectivity index (χ3v) is 4.12. The van der Waals surface area contributed by atoms with Crippen molar-refractivity contribution in [2.45, 2.75) is 45.1 Å². The number of fused-ring (bicyclic) bond motifs is 1. The average Bonchev–Trinajstić information content (AvgIpc) is 2.64. The summed E-state index contributed by atoms with van der Waals surface area (Å²) in [6, 6.07) is 5.84. The van der Waals surface area contributed by atoms with Gasteiger partial charge in [-0.05, 0) is 50.4 Å². The van der Waals surface area contributed by atoms with Gasteiger partial charge in [-0.15, -0.1) is 0 Å². The van der Waals surface area contributed by atoms with Gasteiger partial charge in [-0.25, -0.2) is 0 Å². The predicted octanol–water partition coefficient (Wildman–Crippen LogP) is 2.10. The second-order valence-corrected chi connectivity index (χ2v) is 5.92. The number of rotatable bonds is 5. The van der Waals surface area contributed by atoms with E-state index in [2.05, 4.69) is 0 Å². The Bertz CT molecular complexity index is 511. The molecule has 20 heavy (non-hydrogen) atoms. The second-order valence-electron chi connectivity index (χ2n) is 5.92. The summed E-state index contributed by atoms with van der Waals surface area (Å²) in [6.45, 7) is 7.06. The number of carbonyl (C=O) groups is 1. The smallest absolute Gasteiger partial charge is 0.237 e. The second kappa shape index (κ2) is 5.54. The SMILES string of the molecule is CCC(O)c1ccc2c(c1)C(C)(C)C(=O)N2CCCN. The van der Waals surface area contributed by atoms with Gasteiger partial charge in [0.05, 0.1) is 11.5 Å². The van der Waals surface area contributed by atoms with Crippen LogP contribution >= 0.6 is 0 Å². The molecule has 1 unspecified atom stereocenters. The minimum atomic E-state index is -0.534. The number of benzene rings is 1. The zero-order valence-electron chi connectivity index (χ0n) is 12.5. The Morgan fingerprint density at radius 3 is 2.70 bits per heavy atom. The zero-order chi connectivity index (χ0) is 14.9. The molecule has 3 N–H and O–H groups in total. The molecule has 0 bridgehead atoms. The van der Waals surface area contributed by atoms with E-state index in [1.807, 2.05) is 43.9 Å². The van der Waals surface area contributed by atoms with Gasteiger partial charge < -0.3 is 15.7 Å². The molecule has 1 aliphatic heterocycles. The molecule has 0 saturated carbocycles. The zero-order valence-corrected chi connectivity index (χ0v) is 12.5. The lowest BCUT2D eigenvalue weighted by Crippen LogP contribution is -2.37. The van der Waals surface area contributed by atoms with E-state index in [1.165, 1.54) is 0 Å². The van der Waals surface area contributed by atoms with E-state index in [0.717, 1.165) is 23.2 Å². The highest BCUT2D eigenvalue weighted by Crippen LogP contribution is 2.42. The fourth-order valence-electron chi connectivity index (χ4n) is 2.77. The third kappa shape index (κ3) is 2.34. The van der Waals surface area contributed by atoms with Gasteiger partial charge >= 0.3 is 0 Å². The molecule has 1 aliphatic rings. The maximum atomic E-state index is 12.6. The Balaban J connectivity index is 2.43. The number of nitrogens with two attached hydrogens (primary N) is 1. The minimum Gasteiger partial charge on any atom is -0.388 e. The summed E-state index contributed by atoms with van der Waals surface area (Å²) < 4.78 is 0. The quantitative estimate of drug-likeness (QED) is 0.865. The van der Waals surface area contributed by atoms with Gasteiger partial charge in [-0.3, -0.25) is 4.79 Å². The Morgan fingerprint density at radius 2 is 2.10 bits per heavy atom. The lowest BCUT2D eigenvalue weighted by Gasteiger charge is -2.20.